The van der Waals surface area contributed by atoms with E-state index in [9.17, 15) is 19.8 Å². The standard InChI is InChI=1S/C58H86O7S2/c1-10-11-12-15-44-18-24-48(25-19-44)49-26-28-50(29-27-49)51-38-54(66(6,7)36-13-16-45-20-30-52(31-21-45)64-57(61)42(2)3)56(63-35-34-47(40-59)41-60)55(39-51)67(8,9)37-14-17-46-22-32-53(33-23-46)65-58(62)43(4)5/h20-23,30-33,38-39,44,47-50,59-60H,2,4,10-19,24-29,34-37,40-41H2,1,3,5-9H3. The number of carbonyl (C=O) groups is 2. The van der Waals surface area contributed by atoms with Gasteiger partial charge in [-0.2, -0.15) is 0 Å². The summed E-state index contributed by atoms with van der Waals surface area (Å²) in [6.45, 7) is 13.3. The van der Waals surface area contributed by atoms with Gasteiger partial charge in [-0.05, 0) is 198 Å². The first kappa shape index (κ1) is 54.4. The quantitative estimate of drug-likeness (QED) is 0.0358. The molecule has 0 aliphatic heterocycles. The number of hydrogen-bond acceptors (Lipinski definition) is 7. The highest BCUT2D eigenvalue weighted by atomic mass is 32.3. The molecule has 0 heterocycles. The van der Waals surface area contributed by atoms with E-state index in [0.29, 0.717) is 41.6 Å². The number of hydrogen-bond donors (Lipinski definition) is 2. The highest BCUT2D eigenvalue weighted by Crippen LogP contribution is 2.63. The lowest BCUT2D eigenvalue weighted by Crippen LogP contribution is -2.25. The molecular formula is C58H86O7S2. The average molecular weight is 959 g/mol. The second-order valence-corrected chi connectivity index (χ2v) is 28.8. The second kappa shape index (κ2) is 26.5. The molecule has 0 saturated heterocycles. The van der Waals surface area contributed by atoms with Crippen molar-refractivity contribution in [1.29, 1.82) is 0 Å². The van der Waals surface area contributed by atoms with Crippen LogP contribution in [0.15, 0.2) is 94.8 Å². The van der Waals surface area contributed by atoms with Gasteiger partial charge in [-0.3, -0.25) is 0 Å². The highest BCUT2D eigenvalue weighted by Gasteiger charge is 2.34. The van der Waals surface area contributed by atoms with Crippen molar-refractivity contribution in [2.75, 3.05) is 56.3 Å². The van der Waals surface area contributed by atoms with E-state index in [1.165, 1.54) is 104 Å². The Balaban J connectivity index is 1.40. The molecule has 0 spiro atoms. The third-order valence-electron chi connectivity index (χ3n) is 14.7. The molecule has 0 aromatic heterocycles. The van der Waals surface area contributed by atoms with E-state index in [4.69, 9.17) is 14.2 Å². The SMILES string of the molecule is C=C(C)C(=O)Oc1ccc(CCCS(C)(C)c2cc(C3CCC(C4CCC(CCCCC)CC4)CC3)cc(S(C)(C)CCCc3ccc(OC(=O)C(=C)C)cc3)c2OCCC(CO)CO)cc1. The van der Waals surface area contributed by atoms with Crippen LogP contribution < -0.4 is 14.2 Å². The maximum Gasteiger partial charge on any atom is 0.338 e. The summed E-state index contributed by atoms with van der Waals surface area (Å²) in [5.41, 5.74) is 4.67. The fraction of sp³-hybridized carbons (Fsp3) is 0.586. The van der Waals surface area contributed by atoms with Crippen LogP contribution in [0, 0.1) is 23.7 Å². The van der Waals surface area contributed by atoms with Gasteiger partial charge in [-0.15, -0.1) is 0 Å². The molecule has 9 heteroatoms. The van der Waals surface area contributed by atoms with Crippen molar-refractivity contribution < 1.29 is 34.0 Å². The van der Waals surface area contributed by atoms with Gasteiger partial charge in [0.2, 0.25) is 0 Å². The maximum atomic E-state index is 12.1. The Hall–Kier alpha value is -3.50. The Bertz CT molecular complexity index is 1920. The van der Waals surface area contributed by atoms with Gasteiger partial charge >= 0.3 is 11.9 Å². The first-order chi connectivity index (χ1) is 32.0. The molecule has 0 atom stereocenters. The van der Waals surface area contributed by atoms with E-state index >= 15 is 0 Å². The minimum absolute atomic E-state index is 0.0658. The number of rotatable bonds is 26. The first-order valence-corrected chi connectivity index (χ1v) is 30.6. The van der Waals surface area contributed by atoms with Crippen LogP contribution in [0.2, 0.25) is 0 Å². The van der Waals surface area contributed by atoms with E-state index in [2.05, 4.69) is 81.5 Å². The number of unbranched alkanes of at least 4 members (excludes halogenated alkanes) is 2. The van der Waals surface area contributed by atoms with Crippen molar-refractivity contribution in [2.24, 2.45) is 23.7 Å². The zero-order valence-corrected chi connectivity index (χ0v) is 44.0. The van der Waals surface area contributed by atoms with Gasteiger partial charge in [-0.25, -0.2) is 29.6 Å². The number of carbonyl (C=O) groups excluding carboxylic acids is 2. The summed E-state index contributed by atoms with van der Waals surface area (Å²) in [5, 5.41) is 20.0. The molecule has 2 fully saturated rings. The number of esters is 2. The van der Waals surface area contributed by atoms with Gasteiger partial charge in [0.25, 0.3) is 0 Å². The van der Waals surface area contributed by atoms with Crippen LogP contribution in [-0.4, -0.2) is 78.5 Å². The predicted molar refractivity (Wildman–Crippen MR) is 284 cm³/mol. The van der Waals surface area contributed by atoms with Crippen LogP contribution in [-0.2, 0) is 22.4 Å². The van der Waals surface area contributed by atoms with Crippen molar-refractivity contribution in [3.05, 3.63) is 102 Å². The van der Waals surface area contributed by atoms with Gasteiger partial charge in [0.1, 0.15) is 17.2 Å². The molecule has 0 unspecified atom stereocenters. The van der Waals surface area contributed by atoms with Gasteiger partial charge in [0.05, 0.1) is 6.61 Å². The van der Waals surface area contributed by atoms with E-state index in [1.54, 1.807) is 13.8 Å². The van der Waals surface area contributed by atoms with Crippen LogP contribution >= 0.6 is 20.1 Å². The Labute approximate surface area is 408 Å². The monoisotopic (exact) mass is 959 g/mol. The number of aryl methyl sites for hydroxylation is 2. The third-order valence-corrected chi connectivity index (χ3v) is 20.4. The van der Waals surface area contributed by atoms with Crippen molar-refractivity contribution in [3.63, 3.8) is 0 Å². The fourth-order valence-corrected chi connectivity index (χ4v) is 14.7. The van der Waals surface area contributed by atoms with Crippen molar-refractivity contribution >= 4 is 32.0 Å². The molecule has 3 aromatic carbocycles. The van der Waals surface area contributed by atoms with Crippen LogP contribution in [0.4, 0.5) is 0 Å². The molecule has 0 amide bonds. The van der Waals surface area contributed by atoms with Gasteiger partial charge in [0.15, 0.2) is 0 Å². The topological polar surface area (TPSA) is 102 Å². The summed E-state index contributed by atoms with van der Waals surface area (Å²) in [7, 11) is -2.71. The molecule has 7 nitrogen and oxygen atoms in total. The Morgan fingerprint density at radius 2 is 1.10 bits per heavy atom. The molecule has 5 rings (SSSR count). The molecule has 67 heavy (non-hydrogen) atoms. The van der Waals surface area contributed by atoms with Gasteiger partial charge < -0.3 is 24.4 Å². The lowest BCUT2D eigenvalue weighted by Gasteiger charge is -2.41. The highest BCUT2D eigenvalue weighted by molar-refractivity contribution is 8.33. The normalized spacial score (nSPS) is 19.4. The molecule has 2 saturated carbocycles. The minimum Gasteiger partial charge on any atom is -0.491 e. The van der Waals surface area contributed by atoms with Crippen molar-refractivity contribution in [3.8, 4) is 17.2 Å². The fourth-order valence-electron chi connectivity index (χ4n) is 10.2. The molecule has 0 bridgehead atoms. The van der Waals surface area contributed by atoms with Gasteiger partial charge in [0, 0.05) is 40.1 Å². The van der Waals surface area contributed by atoms with Crippen LogP contribution in [0.5, 0.6) is 17.2 Å². The maximum absolute atomic E-state index is 12.1. The molecule has 2 aliphatic rings. The Morgan fingerprint density at radius 3 is 1.52 bits per heavy atom. The Morgan fingerprint density at radius 1 is 0.657 bits per heavy atom. The summed E-state index contributed by atoms with van der Waals surface area (Å²) >= 11 is 0. The molecular weight excluding hydrogens is 873 g/mol. The van der Waals surface area contributed by atoms with E-state index in [1.807, 2.05) is 24.3 Å². The van der Waals surface area contributed by atoms with Crippen LogP contribution in [0.3, 0.4) is 0 Å². The van der Waals surface area contributed by atoms with Crippen LogP contribution in [0.25, 0.3) is 0 Å². The Kier molecular flexibility index (Phi) is 21.5. The van der Waals surface area contributed by atoms with E-state index < -0.39 is 32.0 Å². The first-order valence-electron chi connectivity index (χ1n) is 25.4. The van der Waals surface area contributed by atoms with Crippen LogP contribution in [0.1, 0.15) is 140 Å². The second-order valence-electron chi connectivity index (χ2n) is 20.9. The molecule has 2 N–H and O–H groups in total. The van der Waals surface area contributed by atoms with Gasteiger partial charge in [-0.1, -0.05) is 82.9 Å². The largest absolute Gasteiger partial charge is 0.491 e. The molecule has 2 aliphatic carbocycles. The average Bonchev–Trinajstić information content (AvgIpc) is 3.31. The van der Waals surface area contributed by atoms with Crippen molar-refractivity contribution in [1.82, 2.24) is 0 Å². The summed E-state index contributed by atoms with van der Waals surface area (Å²) < 4.78 is 17.9. The summed E-state index contributed by atoms with van der Waals surface area (Å²) in [6, 6.07) is 20.8. The number of aliphatic hydroxyl groups excluding tert-OH is 2. The van der Waals surface area contributed by atoms with E-state index in [-0.39, 0.29) is 19.1 Å². The number of aliphatic hydroxyl groups is 2. The van der Waals surface area contributed by atoms with Crippen molar-refractivity contribution in [2.45, 2.75) is 146 Å². The molecule has 3 aromatic rings. The molecule has 372 valence electrons. The summed E-state index contributed by atoms with van der Waals surface area (Å²) in [5.74, 6) is 6.35. The zero-order valence-electron chi connectivity index (χ0n) is 42.4. The summed E-state index contributed by atoms with van der Waals surface area (Å²) in [4.78, 5) is 26.9. The lowest BCUT2D eigenvalue weighted by molar-refractivity contribution is -0.130. The number of benzene rings is 3. The minimum atomic E-state index is -1.35. The van der Waals surface area contributed by atoms with E-state index in [0.717, 1.165) is 60.7 Å². The summed E-state index contributed by atoms with van der Waals surface area (Å²) in [6.07, 6.45) is 30.7. The number of ether oxygens (including phenoxy) is 3. The third kappa shape index (κ3) is 16.6. The predicted octanol–water partition coefficient (Wildman–Crippen LogP) is 13.8. The smallest absolute Gasteiger partial charge is 0.338 e. The zero-order chi connectivity index (χ0) is 48.6. The molecule has 0 radical (unpaired) electrons. The lowest BCUT2D eigenvalue weighted by atomic mass is 9.68.